The molecule has 76 valence electrons. The van der Waals surface area contributed by atoms with Crippen molar-refractivity contribution in [1.82, 2.24) is 0 Å². The van der Waals surface area contributed by atoms with Crippen molar-refractivity contribution in [2.24, 2.45) is 0 Å². The molecule has 15 heavy (non-hydrogen) atoms. The van der Waals surface area contributed by atoms with E-state index in [9.17, 15) is 4.79 Å². The highest BCUT2D eigenvalue weighted by Crippen LogP contribution is 2.29. The standard InChI is InChI=1S/C12H9BrO2/c13-11(12(14)15)10-7-3-5-8-4-1-2-6-9(8)10/h1-7,11H,(H,14,15). The molecule has 2 rings (SSSR count). The van der Waals surface area contributed by atoms with Gasteiger partial charge in [0.25, 0.3) is 0 Å². The van der Waals surface area contributed by atoms with E-state index in [2.05, 4.69) is 15.9 Å². The second-order valence-corrected chi connectivity index (χ2v) is 4.18. The lowest BCUT2D eigenvalue weighted by Crippen LogP contribution is -2.04. The SMILES string of the molecule is O=C(O)C(Br)c1cccc2ccccc12. The molecule has 1 atom stereocenters. The monoisotopic (exact) mass is 264 g/mol. The highest BCUT2D eigenvalue weighted by atomic mass is 79.9. The van der Waals surface area contributed by atoms with Gasteiger partial charge in [-0.15, -0.1) is 0 Å². The number of rotatable bonds is 2. The summed E-state index contributed by atoms with van der Waals surface area (Å²) in [6, 6.07) is 13.4. The Morgan fingerprint density at radius 3 is 2.53 bits per heavy atom. The highest BCUT2D eigenvalue weighted by molar-refractivity contribution is 9.09. The maximum Gasteiger partial charge on any atom is 0.321 e. The van der Waals surface area contributed by atoms with Crippen LogP contribution in [-0.2, 0) is 4.79 Å². The van der Waals surface area contributed by atoms with E-state index in [1.165, 1.54) is 0 Å². The van der Waals surface area contributed by atoms with Crippen molar-refractivity contribution < 1.29 is 9.90 Å². The molecule has 0 fully saturated rings. The van der Waals surface area contributed by atoms with Gasteiger partial charge in [-0.2, -0.15) is 0 Å². The smallest absolute Gasteiger partial charge is 0.321 e. The van der Waals surface area contributed by atoms with Crippen LogP contribution in [0.2, 0.25) is 0 Å². The summed E-state index contributed by atoms with van der Waals surface area (Å²) in [6.07, 6.45) is 0. The van der Waals surface area contributed by atoms with Gasteiger partial charge in [0.15, 0.2) is 0 Å². The van der Waals surface area contributed by atoms with E-state index < -0.39 is 10.8 Å². The Hall–Kier alpha value is -1.35. The molecular weight excluding hydrogens is 256 g/mol. The Morgan fingerprint density at radius 1 is 1.13 bits per heavy atom. The average Bonchev–Trinajstić information content (AvgIpc) is 2.27. The predicted octanol–water partition coefficient (Wildman–Crippen LogP) is 3.36. The van der Waals surface area contributed by atoms with Crippen LogP contribution in [0.5, 0.6) is 0 Å². The van der Waals surface area contributed by atoms with E-state index in [0.717, 1.165) is 16.3 Å². The van der Waals surface area contributed by atoms with E-state index >= 15 is 0 Å². The summed E-state index contributed by atoms with van der Waals surface area (Å²) in [7, 11) is 0. The third-order valence-corrected chi connectivity index (χ3v) is 3.20. The third-order valence-electron chi connectivity index (χ3n) is 2.31. The van der Waals surface area contributed by atoms with Crippen molar-refractivity contribution in [1.29, 1.82) is 0 Å². The molecule has 0 aromatic heterocycles. The van der Waals surface area contributed by atoms with Crippen LogP contribution in [0, 0.1) is 0 Å². The number of aliphatic carboxylic acids is 1. The van der Waals surface area contributed by atoms with Gasteiger partial charge in [-0.3, -0.25) is 4.79 Å². The minimum atomic E-state index is -0.869. The van der Waals surface area contributed by atoms with Crippen LogP contribution in [0.3, 0.4) is 0 Å². The summed E-state index contributed by atoms with van der Waals surface area (Å²) in [6.45, 7) is 0. The van der Waals surface area contributed by atoms with Gasteiger partial charge in [0.2, 0.25) is 0 Å². The fraction of sp³-hybridized carbons (Fsp3) is 0.0833. The lowest BCUT2D eigenvalue weighted by Gasteiger charge is -2.08. The first-order chi connectivity index (χ1) is 7.20. The maximum atomic E-state index is 10.9. The second-order valence-electron chi connectivity index (χ2n) is 3.27. The van der Waals surface area contributed by atoms with Crippen LogP contribution in [0.4, 0.5) is 0 Å². The molecule has 0 aliphatic carbocycles. The van der Waals surface area contributed by atoms with Gasteiger partial charge in [0.1, 0.15) is 4.83 Å². The van der Waals surface area contributed by atoms with Crippen molar-refractivity contribution in [3.05, 3.63) is 48.0 Å². The molecule has 1 unspecified atom stereocenters. The zero-order valence-electron chi connectivity index (χ0n) is 7.85. The summed E-state index contributed by atoms with van der Waals surface area (Å²) in [5.74, 6) is -0.869. The Kier molecular flexibility index (Phi) is 2.73. The lowest BCUT2D eigenvalue weighted by molar-refractivity contribution is -0.136. The van der Waals surface area contributed by atoms with E-state index in [-0.39, 0.29) is 0 Å². The average molecular weight is 265 g/mol. The number of alkyl halides is 1. The van der Waals surface area contributed by atoms with Gasteiger partial charge >= 0.3 is 5.97 Å². The Morgan fingerprint density at radius 2 is 1.80 bits per heavy atom. The number of carboxylic acids is 1. The van der Waals surface area contributed by atoms with Crippen molar-refractivity contribution in [2.75, 3.05) is 0 Å². The van der Waals surface area contributed by atoms with Gasteiger partial charge in [-0.05, 0) is 16.3 Å². The molecule has 0 aliphatic rings. The van der Waals surface area contributed by atoms with E-state index in [1.54, 1.807) is 0 Å². The summed E-state index contributed by atoms with van der Waals surface area (Å²) in [5, 5.41) is 11.0. The highest BCUT2D eigenvalue weighted by Gasteiger charge is 2.17. The number of benzene rings is 2. The van der Waals surface area contributed by atoms with Crippen LogP contribution in [0.15, 0.2) is 42.5 Å². The number of carbonyl (C=O) groups is 1. The van der Waals surface area contributed by atoms with E-state index in [4.69, 9.17) is 5.11 Å². The number of halogens is 1. The second kappa shape index (κ2) is 4.03. The predicted molar refractivity (Wildman–Crippen MR) is 63.3 cm³/mol. The van der Waals surface area contributed by atoms with Crippen molar-refractivity contribution in [3.63, 3.8) is 0 Å². The van der Waals surface area contributed by atoms with E-state index in [1.807, 2.05) is 42.5 Å². The van der Waals surface area contributed by atoms with Crippen LogP contribution in [-0.4, -0.2) is 11.1 Å². The molecule has 0 spiro atoms. The minimum absolute atomic E-state index is 0.649. The normalized spacial score (nSPS) is 12.6. The zero-order chi connectivity index (χ0) is 10.8. The molecule has 2 aromatic rings. The van der Waals surface area contributed by atoms with Crippen LogP contribution < -0.4 is 0 Å². The molecule has 0 heterocycles. The van der Waals surface area contributed by atoms with Gasteiger partial charge < -0.3 is 5.11 Å². The first-order valence-corrected chi connectivity index (χ1v) is 5.46. The molecule has 0 saturated heterocycles. The van der Waals surface area contributed by atoms with Crippen LogP contribution >= 0.6 is 15.9 Å². The van der Waals surface area contributed by atoms with Crippen molar-refractivity contribution >= 4 is 32.7 Å². The molecule has 0 bridgehead atoms. The summed E-state index contributed by atoms with van der Waals surface area (Å²) >= 11 is 3.17. The number of carboxylic acid groups (broad SMARTS) is 1. The number of hydrogen-bond acceptors (Lipinski definition) is 1. The maximum absolute atomic E-state index is 10.9. The molecule has 1 N–H and O–H groups in total. The minimum Gasteiger partial charge on any atom is -0.480 e. The largest absolute Gasteiger partial charge is 0.480 e. The molecule has 0 radical (unpaired) electrons. The van der Waals surface area contributed by atoms with Gasteiger partial charge in [0.05, 0.1) is 0 Å². The lowest BCUT2D eigenvalue weighted by atomic mass is 10.0. The first-order valence-electron chi connectivity index (χ1n) is 4.54. The fourth-order valence-electron chi connectivity index (χ4n) is 1.60. The van der Waals surface area contributed by atoms with Crippen molar-refractivity contribution in [3.8, 4) is 0 Å². The van der Waals surface area contributed by atoms with Crippen molar-refractivity contribution in [2.45, 2.75) is 4.83 Å². The summed E-state index contributed by atoms with van der Waals surface area (Å²) in [4.78, 5) is 10.2. The molecule has 2 aromatic carbocycles. The zero-order valence-corrected chi connectivity index (χ0v) is 9.44. The number of fused-ring (bicyclic) bond motifs is 1. The van der Waals surface area contributed by atoms with E-state index in [0.29, 0.717) is 0 Å². The summed E-state index contributed by atoms with van der Waals surface area (Å²) in [5.41, 5.74) is 0.792. The summed E-state index contributed by atoms with van der Waals surface area (Å²) < 4.78 is 0. The molecule has 2 nitrogen and oxygen atoms in total. The Balaban J connectivity index is 2.65. The molecule has 0 saturated carbocycles. The van der Waals surface area contributed by atoms with Gasteiger partial charge in [0, 0.05) is 0 Å². The van der Waals surface area contributed by atoms with Crippen LogP contribution in [0.1, 0.15) is 10.4 Å². The Labute approximate surface area is 95.7 Å². The van der Waals surface area contributed by atoms with Crippen LogP contribution in [0.25, 0.3) is 10.8 Å². The molecular formula is C12H9BrO2. The number of hydrogen-bond donors (Lipinski definition) is 1. The first kappa shape index (κ1) is 10.2. The topological polar surface area (TPSA) is 37.3 Å². The Bertz CT molecular complexity index is 502. The fourth-order valence-corrected chi connectivity index (χ4v) is 2.00. The third kappa shape index (κ3) is 1.88. The molecule has 0 aliphatic heterocycles. The molecule has 0 amide bonds. The van der Waals surface area contributed by atoms with Gasteiger partial charge in [-0.1, -0.05) is 58.4 Å². The molecule has 3 heteroatoms. The quantitative estimate of drug-likeness (QED) is 0.845. The van der Waals surface area contributed by atoms with Gasteiger partial charge in [-0.25, -0.2) is 0 Å².